The molecule has 5 nitrogen and oxygen atoms in total. The molecule has 1 atom stereocenters. The molecule has 0 saturated carbocycles. The van der Waals surface area contributed by atoms with Crippen molar-refractivity contribution in [2.45, 2.75) is 18.9 Å². The Bertz CT molecular complexity index is 749. The van der Waals surface area contributed by atoms with E-state index in [4.69, 9.17) is 0 Å². The second-order valence-electron chi connectivity index (χ2n) is 7.04. The highest BCUT2D eigenvalue weighted by atomic mass is 16.2. The van der Waals surface area contributed by atoms with Crippen LogP contribution in [0.3, 0.4) is 0 Å². The first-order valence-electron chi connectivity index (χ1n) is 9.47. The third-order valence-electron chi connectivity index (χ3n) is 4.96. The van der Waals surface area contributed by atoms with Crippen LogP contribution in [0.5, 0.6) is 0 Å². The predicted octanol–water partition coefficient (Wildman–Crippen LogP) is 2.25. The van der Waals surface area contributed by atoms with Crippen molar-refractivity contribution in [1.29, 1.82) is 0 Å². The number of carbonyl (C=O) groups excluding carboxylic acids is 2. The van der Waals surface area contributed by atoms with E-state index in [-0.39, 0.29) is 17.9 Å². The van der Waals surface area contributed by atoms with E-state index in [1.807, 2.05) is 53.4 Å². The zero-order valence-electron chi connectivity index (χ0n) is 15.8. The van der Waals surface area contributed by atoms with Crippen molar-refractivity contribution in [3.63, 3.8) is 0 Å². The van der Waals surface area contributed by atoms with E-state index in [0.717, 1.165) is 24.2 Å². The molecule has 1 heterocycles. The van der Waals surface area contributed by atoms with Crippen LogP contribution in [0.2, 0.25) is 0 Å². The van der Waals surface area contributed by atoms with E-state index in [9.17, 15) is 9.59 Å². The molecule has 3 rings (SSSR count). The Morgan fingerprint density at radius 3 is 2.37 bits per heavy atom. The highest BCUT2D eigenvalue weighted by molar-refractivity contribution is 5.80. The molecule has 27 heavy (non-hydrogen) atoms. The van der Waals surface area contributed by atoms with Gasteiger partial charge in [0.15, 0.2) is 0 Å². The Hall–Kier alpha value is -2.66. The molecule has 1 N–H and O–H groups in total. The minimum Gasteiger partial charge on any atom is -0.355 e. The third kappa shape index (κ3) is 5.41. The molecule has 0 spiro atoms. The molecule has 2 aromatic carbocycles. The number of piperazine rings is 1. The summed E-state index contributed by atoms with van der Waals surface area (Å²) in [5.74, 6) is 0.0453. The number of amides is 2. The topological polar surface area (TPSA) is 52.6 Å². The van der Waals surface area contributed by atoms with Crippen LogP contribution in [0.1, 0.15) is 23.6 Å². The highest BCUT2D eigenvalue weighted by Crippen LogP contribution is 2.25. The molecule has 2 amide bonds. The first-order valence-corrected chi connectivity index (χ1v) is 9.47. The van der Waals surface area contributed by atoms with Crippen LogP contribution in [0, 0.1) is 0 Å². The number of benzene rings is 2. The van der Waals surface area contributed by atoms with Crippen molar-refractivity contribution in [3.05, 3.63) is 71.8 Å². The highest BCUT2D eigenvalue weighted by Gasteiger charge is 2.29. The van der Waals surface area contributed by atoms with Crippen LogP contribution in [0.4, 0.5) is 0 Å². The number of hydrogen-bond acceptors (Lipinski definition) is 3. The molecule has 1 saturated heterocycles. The lowest BCUT2D eigenvalue weighted by atomic mass is 10.0. The molecular formula is C22H27N3O2. The van der Waals surface area contributed by atoms with Crippen LogP contribution in [-0.2, 0) is 16.0 Å². The minimum absolute atomic E-state index is 0.0491. The summed E-state index contributed by atoms with van der Waals surface area (Å²) in [7, 11) is 2.08. The van der Waals surface area contributed by atoms with Crippen LogP contribution in [0.15, 0.2) is 60.7 Å². The SMILES string of the molecule is CN1CCN(C(=O)CCNC(=O)Cc2ccccc2)C(c2ccccc2)C1. The molecule has 0 aliphatic carbocycles. The van der Waals surface area contributed by atoms with E-state index in [2.05, 4.69) is 29.4 Å². The van der Waals surface area contributed by atoms with Gasteiger partial charge >= 0.3 is 0 Å². The maximum atomic E-state index is 12.8. The summed E-state index contributed by atoms with van der Waals surface area (Å²) in [6.45, 7) is 2.79. The van der Waals surface area contributed by atoms with Gasteiger partial charge < -0.3 is 15.1 Å². The Morgan fingerprint density at radius 1 is 1.00 bits per heavy atom. The molecule has 142 valence electrons. The number of nitrogens with zero attached hydrogens (tertiary/aromatic N) is 2. The van der Waals surface area contributed by atoms with Crippen LogP contribution >= 0.6 is 0 Å². The normalized spacial score (nSPS) is 17.5. The zero-order valence-corrected chi connectivity index (χ0v) is 15.8. The van der Waals surface area contributed by atoms with Crippen LogP contribution < -0.4 is 5.32 Å². The fourth-order valence-electron chi connectivity index (χ4n) is 3.47. The fraction of sp³-hybridized carbons (Fsp3) is 0.364. The standard InChI is InChI=1S/C22H27N3O2/c1-24-14-15-25(20(17-24)19-10-6-3-7-11-19)22(27)12-13-23-21(26)16-18-8-4-2-5-9-18/h2-11,20H,12-17H2,1H3,(H,23,26). The van der Waals surface area contributed by atoms with E-state index in [0.29, 0.717) is 25.9 Å². The van der Waals surface area contributed by atoms with Crippen molar-refractivity contribution in [3.8, 4) is 0 Å². The van der Waals surface area contributed by atoms with Gasteiger partial charge in [-0.2, -0.15) is 0 Å². The van der Waals surface area contributed by atoms with Gasteiger partial charge in [0.1, 0.15) is 0 Å². The second kappa shape index (κ2) is 9.33. The summed E-state index contributed by atoms with van der Waals surface area (Å²) in [6, 6.07) is 19.9. The van der Waals surface area contributed by atoms with Gasteiger partial charge in [-0.3, -0.25) is 9.59 Å². The van der Waals surface area contributed by atoms with Crippen molar-refractivity contribution < 1.29 is 9.59 Å². The van der Waals surface area contributed by atoms with Gasteiger partial charge in [-0.05, 0) is 18.2 Å². The summed E-state index contributed by atoms with van der Waals surface area (Å²) in [4.78, 5) is 29.1. The first kappa shape index (κ1) is 19.1. The van der Waals surface area contributed by atoms with Crippen molar-refractivity contribution in [1.82, 2.24) is 15.1 Å². The lowest BCUT2D eigenvalue weighted by Gasteiger charge is -2.40. The monoisotopic (exact) mass is 365 g/mol. The molecule has 1 aliphatic heterocycles. The van der Waals surface area contributed by atoms with Gasteiger partial charge in [-0.25, -0.2) is 0 Å². The average molecular weight is 365 g/mol. The van der Waals surface area contributed by atoms with Gasteiger partial charge in [0, 0.05) is 32.6 Å². The Balaban J connectivity index is 1.52. The maximum absolute atomic E-state index is 12.8. The molecular weight excluding hydrogens is 338 g/mol. The molecule has 1 fully saturated rings. The van der Waals surface area contributed by atoms with Gasteiger partial charge in [-0.1, -0.05) is 60.7 Å². The van der Waals surface area contributed by atoms with E-state index in [1.54, 1.807) is 0 Å². The summed E-state index contributed by atoms with van der Waals surface area (Å²) in [5, 5.41) is 2.87. The van der Waals surface area contributed by atoms with Gasteiger partial charge in [0.25, 0.3) is 0 Å². The molecule has 0 radical (unpaired) electrons. The second-order valence-corrected chi connectivity index (χ2v) is 7.04. The van der Waals surface area contributed by atoms with E-state index in [1.165, 1.54) is 0 Å². The molecule has 0 aromatic heterocycles. The van der Waals surface area contributed by atoms with Crippen LogP contribution in [-0.4, -0.2) is 54.8 Å². The van der Waals surface area contributed by atoms with Gasteiger partial charge in [0.05, 0.1) is 12.5 Å². The summed E-state index contributed by atoms with van der Waals surface area (Å²) in [6.07, 6.45) is 0.670. The molecule has 0 bridgehead atoms. The molecule has 5 heteroatoms. The Kier molecular flexibility index (Phi) is 6.60. The largest absolute Gasteiger partial charge is 0.355 e. The Labute approximate surface area is 161 Å². The minimum atomic E-state index is -0.0491. The third-order valence-corrected chi connectivity index (χ3v) is 4.96. The fourth-order valence-corrected chi connectivity index (χ4v) is 3.47. The van der Waals surface area contributed by atoms with Crippen LogP contribution in [0.25, 0.3) is 0 Å². The maximum Gasteiger partial charge on any atom is 0.224 e. The van der Waals surface area contributed by atoms with Crippen molar-refractivity contribution >= 4 is 11.8 Å². The summed E-state index contributed by atoms with van der Waals surface area (Å²) >= 11 is 0. The molecule has 1 unspecified atom stereocenters. The van der Waals surface area contributed by atoms with Crippen molar-refractivity contribution in [2.24, 2.45) is 0 Å². The summed E-state index contributed by atoms with van der Waals surface area (Å²) < 4.78 is 0. The number of hydrogen-bond donors (Lipinski definition) is 1. The first-order chi connectivity index (χ1) is 13.1. The van der Waals surface area contributed by atoms with Crippen molar-refractivity contribution in [2.75, 3.05) is 33.2 Å². The number of rotatable bonds is 6. The summed E-state index contributed by atoms with van der Waals surface area (Å²) in [5.41, 5.74) is 2.13. The average Bonchev–Trinajstić information content (AvgIpc) is 2.69. The number of nitrogens with one attached hydrogen (secondary N) is 1. The number of likely N-dealkylation sites (N-methyl/N-ethyl adjacent to an activating group) is 1. The predicted molar refractivity (Wildman–Crippen MR) is 106 cm³/mol. The molecule has 2 aromatic rings. The quantitative estimate of drug-likeness (QED) is 0.854. The smallest absolute Gasteiger partial charge is 0.224 e. The van der Waals surface area contributed by atoms with Gasteiger partial charge in [-0.15, -0.1) is 0 Å². The van der Waals surface area contributed by atoms with E-state index >= 15 is 0 Å². The number of carbonyl (C=O) groups is 2. The Morgan fingerprint density at radius 2 is 1.67 bits per heavy atom. The molecule has 1 aliphatic rings. The van der Waals surface area contributed by atoms with E-state index < -0.39 is 0 Å². The zero-order chi connectivity index (χ0) is 19.1. The van der Waals surface area contributed by atoms with Gasteiger partial charge in [0.2, 0.25) is 11.8 Å². The lowest BCUT2D eigenvalue weighted by Crippen LogP contribution is -2.49. The lowest BCUT2D eigenvalue weighted by molar-refractivity contribution is -0.136.